The zero-order valence-corrected chi connectivity index (χ0v) is 16.1. The van der Waals surface area contributed by atoms with Crippen LogP contribution in [0.5, 0.6) is 17.2 Å². The van der Waals surface area contributed by atoms with Gasteiger partial charge in [0, 0.05) is 6.42 Å². The highest BCUT2D eigenvalue weighted by Crippen LogP contribution is 2.48. The lowest BCUT2D eigenvalue weighted by Gasteiger charge is -2.40. The Labute approximate surface area is 176 Å². The molecule has 7 N–H and O–H groups in total. The van der Waals surface area contributed by atoms with Crippen molar-refractivity contribution in [1.82, 2.24) is 0 Å². The number of hydrogen-bond acceptors (Lipinski definition) is 10. The summed E-state index contributed by atoms with van der Waals surface area (Å²) in [4.78, 5) is 12.9. The minimum absolute atomic E-state index is 0.00696. The molecular formula is C21H22O10. The quantitative estimate of drug-likeness (QED) is 0.320. The summed E-state index contributed by atoms with van der Waals surface area (Å²) in [5.74, 6) is -3.79. The van der Waals surface area contributed by atoms with E-state index in [0.29, 0.717) is 5.56 Å². The first-order valence-corrected chi connectivity index (χ1v) is 9.56. The molecule has 1 fully saturated rings. The Kier molecular flexibility index (Phi) is 5.38. The normalized spacial score (nSPS) is 32.5. The topological polar surface area (TPSA) is 177 Å². The van der Waals surface area contributed by atoms with E-state index >= 15 is 0 Å². The molecule has 0 amide bonds. The molecule has 0 aliphatic carbocycles. The van der Waals surface area contributed by atoms with E-state index in [1.807, 2.05) is 0 Å². The van der Waals surface area contributed by atoms with Crippen LogP contribution < -0.4 is 4.74 Å². The number of carbonyl (C=O) groups is 1. The van der Waals surface area contributed by atoms with Gasteiger partial charge >= 0.3 is 0 Å². The van der Waals surface area contributed by atoms with Crippen LogP contribution in [0.2, 0.25) is 0 Å². The molecule has 0 aromatic heterocycles. The van der Waals surface area contributed by atoms with Crippen molar-refractivity contribution in [3.05, 3.63) is 53.1 Å². The second kappa shape index (κ2) is 7.75. The van der Waals surface area contributed by atoms with Crippen LogP contribution in [0.1, 0.15) is 27.6 Å². The van der Waals surface area contributed by atoms with E-state index in [2.05, 4.69) is 0 Å². The molecule has 10 heteroatoms. The van der Waals surface area contributed by atoms with E-state index < -0.39 is 54.4 Å². The number of ether oxygens (including phenoxy) is 2. The number of phenols is 2. The maximum absolute atomic E-state index is 12.9. The fourth-order valence-electron chi connectivity index (χ4n) is 3.93. The van der Waals surface area contributed by atoms with Crippen molar-refractivity contribution in [3.63, 3.8) is 0 Å². The second-order valence-corrected chi connectivity index (χ2v) is 7.68. The monoisotopic (exact) mass is 434 g/mol. The average Bonchev–Trinajstić information content (AvgIpc) is 2.99. The number of aromatic hydroxyl groups is 2. The summed E-state index contributed by atoms with van der Waals surface area (Å²) in [5, 5.41) is 70.7. The third-order valence-electron chi connectivity index (χ3n) is 5.60. The van der Waals surface area contributed by atoms with Gasteiger partial charge in [0.15, 0.2) is 0 Å². The molecule has 2 aromatic rings. The largest absolute Gasteiger partial charge is 0.508 e. The van der Waals surface area contributed by atoms with Crippen LogP contribution in [0.15, 0.2) is 36.4 Å². The van der Waals surface area contributed by atoms with Gasteiger partial charge in [0.1, 0.15) is 47.8 Å². The summed E-state index contributed by atoms with van der Waals surface area (Å²) in [6.45, 7) is -0.679. The molecule has 0 radical (unpaired) electrons. The van der Waals surface area contributed by atoms with E-state index in [4.69, 9.17) is 9.47 Å². The minimum Gasteiger partial charge on any atom is -0.508 e. The molecule has 31 heavy (non-hydrogen) atoms. The second-order valence-electron chi connectivity index (χ2n) is 7.68. The molecule has 2 heterocycles. The zero-order chi connectivity index (χ0) is 22.5. The molecule has 10 nitrogen and oxygen atoms in total. The molecule has 2 aromatic carbocycles. The number of phenolic OH excluding ortho intramolecular Hbond substituents is 2. The van der Waals surface area contributed by atoms with Gasteiger partial charge in [-0.15, -0.1) is 0 Å². The standard InChI is InChI=1S/C21H22O10/c22-8-13-15(25)16(26)17(27)19(30-13)14-12(24)6-5-11-18(14)31-21(29,20(11)28)7-9-1-3-10(23)4-2-9/h1-6,13,15-17,19,22-27,29H,7-8H2/t13-,15-,16+,17-,19+,21?/m1/s1. The van der Waals surface area contributed by atoms with Gasteiger partial charge < -0.3 is 45.2 Å². The van der Waals surface area contributed by atoms with Crippen LogP contribution >= 0.6 is 0 Å². The van der Waals surface area contributed by atoms with Gasteiger partial charge in [-0.25, -0.2) is 0 Å². The zero-order valence-electron chi connectivity index (χ0n) is 16.1. The van der Waals surface area contributed by atoms with Crippen LogP contribution in [0.3, 0.4) is 0 Å². The van der Waals surface area contributed by atoms with Gasteiger partial charge in [-0.1, -0.05) is 12.1 Å². The Morgan fingerprint density at radius 2 is 1.61 bits per heavy atom. The maximum atomic E-state index is 12.9. The molecule has 2 aliphatic heterocycles. The van der Waals surface area contributed by atoms with Gasteiger partial charge in [0.25, 0.3) is 5.79 Å². The SMILES string of the molecule is O=C1c2ccc(O)c([C@@H]3O[C@H](CO)[C@@H](O)[C@H](O)[C@H]3O)c2OC1(O)Cc1ccc(O)cc1. The Morgan fingerprint density at radius 3 is 2.26 bits per heavy atom. The van der Waals surface area contributed by atoms with Crippen LogP contribution in [0.4, 0.5) is 0 Å². The van der Waals surface area contributed by atoms with Crippen molar-refractivity contribution in [3.8, 4) is 17.2 Å². The first kappa shape index (κ1) is 21.5. The summed E-state index contributed by atoms with van der Waals surface area (Å²) in [5.41, 5.74) is 0.204. The number of ketones is 1. The van der Waals surface area contributed by atoms with Crippen molar-refractivity contribution < 1.29 is 50.0 Å². The fourth-order valence-corrected chi connectivity index (χ4v) is 3.93. The number of rotatable bonds is 4. The summed E-state index contributed by atoms with van der Waals surface area (Å²) in [6, 6.07) is 8.18. The van der Waals surface area contributed by atoms with Gasteiger partial charge in [-0.3, -0.25) is 4.79 Å². The first-order chi connectivity index (χ1) is 14.7. The number of hydrogen-bond donors (Lipinski definition) is 7. The molecule has 4 rings (SSSR count). The van der Waals surface area contributed by atoms with E-state index in [1.54, 1.807) is 0 Å². The summed E-state index contributed by atoms with van der Waals surface area (Å²) in [7, 11) is 0. The number of benzene rings is 2. The molecule has 1 unspecified atom stereocenters. The Hall–Kier alpha value is -2.73. The predicted octanol–water partition coefficient (Wildman–Crippen LogP) is -0.881. The van der Waals surface area contributed by atoms with Crippen molar-refractivity contribution in [2.45, 2.75) is 42.7 Å². The number of fused-ring (bicyclic) bond motifs is 1. The van der Waals surface area contributed by atoms with E-state index in [-0.39, 0.29) is 29.0 Å². The van der Waals surface area contributed by atoms with Gasteiger partial charge in [-0.2, -0.15) is 0 Å². The molecule has 6 atom stereocenters. The third kappa shape index (κ3) is 3.53. The number of Topliss-reactive ketones (excluding diaryl/α,β-unsaturated/α-hetero) is 1. The highest BCUT2D eigenvalue weighted by atomic mass is 16.6. The van der Waals surface area contributed by atoms with Crippen molar-refractivity contribution >= 4 is 5.78 Å². The highest BCUT2D eigenvalue weighted by molar-refractivity contribution is 6.07. The Bertz CT molecular complexity index is 988. The number of aliphatic hydroxyl groups is 5. The molecule has 0 bridgehead atoms. The molecule has 166 valence electrons. The van der Waals surface area contributed by atoms with E-state index in [0.717, 1.165) is 6.07 Å². The lowest BCUT2D eigenvalue weighted by Crippen LogP contribution is -2.55. The lowest BCUT2D eigenvalue weighted by molar-refractivity contribution is -0.232. The number of aliphatic hydroxyl groups excluding tert-OH is 4. The average molecular weight is 434 g/mol. The van der Waals surface area contributed by atoms with E-state index in [1.165, 1.54) is 30.3 Å². The summed E-state index contributed by atoms with van der Waals surface area (Å²) < 4.78 is 11.1. The fraction of sp³-hybridized carbons (Fsp3) is 0.381. The van der Waals surface area contributed by atoms with E-state index in [9.17, 15) is 40.5 Å². The van der Waals surface area contributed by atoms with Crippen molar-refractivity contribution in [2.75, 3.05) is 6.61 Å². The summed E-state index contributed by atoms with van der Waals surface area (Å²) >= 11 is 0. The molecule has 0 spiro atoms. The Morgan fingerprint density at radius 1 is 0.935 bits per heavy atom. The van der Waals surface area contributed by atoms with Crippen LogP contribution in [-0.2, 0) is 11.2 Å². The van der Waals surface area contributed by atoms with Gasteiger partial charge in [0.05, 0.1) is 17.7 Å². The van der Waals surface area contributed by atoms with Crippen molar-refractivity contribution in [2.24, 2.45) is 0 Å². The lowest BCUT2D eigenvalue weighted by atomic mass is 9.89. The smallest absolute Gasteiger partial charge is 0.276 e. The van der Waals surface area contributed by atoms with Gasteiger partial charge in [-0.05, 0) is 29.8 Å². The van der Waals surface area contributed by atoms with Crippen LogP contribution in [0, 0.1) is 0 Å². The number of carbonyl (C=O) groups excluding carboxylic acids is 1. The van der Waals surface area contributed by atoms with Crippen molar-refractivity contribution in [1.29, 1.82) is 0 Å². The highest BCUT2D eigenvalue weighted by Gasteiger charge is 2.52. The first-order valence-electron chi connectivity index (χ1n) is 9.56. The summed E-state index contributed by atoms with van der Waals surface area (Å²) in [6.07, 6.45) is -8.01. The molecule has 0 saturated carbocycles. The molecular weight excluding hydrogens is 412 g/mol. The van der Waals surface area contributed by atoms with Crippen LogP contribution in [0.25, 0.3) is 0 Å². The molecule has 1 saturated heterocycles. The maximum Gasteiger partial charge on any atom is 0.276 e. The minimum atomic E-state index is -2.32. The molecule has 2 aliphatic rings. The third-order valence-corrected chi connectivity index (χ3v) is 5.60. The van der Waals surface area contributed by atoms with Crippen LogP contribution in [-0.4, -0.2) is 78.3 Å². The Balaban J connectivity index is 1.72. The predicted molar refractivity (Wildman–Crippen MR) is 103 cm³/mol. The van der Waals surface area contributed by atoms with Gasteiger partial charge in [0.2, 0.25) is 5.78 Å².